The Kier molecular flexibility index (Phi) is 5.50. The molecule has 2 unspecified atom stereocenters. The predicted molar refractivity (Wildman–Crippen MR) is 68.5 cm³/mol. The Bertz CT molecular complexity index is 294. The van der Waals surface area contributed by atoms with E-state index in [2.05, 4.69) is 31.2 Å². The number of benzene rings is 1. The van der Waals surface area contributed by atoms with Crippen LogP contribution >= 0.6 is 0 Å². The molecule has 2 atom stereocenters. The molecule has 0 fully saturated rings. The zero-order valence-corrected chi connectivity index (χ0v) is 10.6. The van der Waals surface area contributed by atoms with Gasteiger partial charge in [-0.05, 0) is 31.4 Å². The van der Waals surface area contributed by atoms with E-state index >= 15 is 0 Å². The van der Waals surface area contributed by atoms with Crippen molar-refractivity contribution in [3.63, 3.8) is 0 Å². The summed E-state index contributed by atoms with van der Waals surface area (Å²) in [7, 11) is 0. The molecule has 1 aromatic carbocycles. The number of aryl methyl sites for hydroxylation is 1. The maximum atomic E-state index is 6.12. The molecule has 0 aliphatic heterocycles. The number of rotatable bonds is 6. The molecule has 0 amide bonds. The molecule has 0 spiro atoms. The van der Waals surface area contributed by atoms with Crippen molar-refractivity contribution in [1.29, 1.82) is 0 Å². The molecule has 0 bridgehead atoms. The summed E-state index contributed by atoms with van der Waals surface area (Å²) in [4.78, 5) is 0. The van der Waals surface area contributed by atoms with E-state index in [0.717, 1.165) is 12.0 Å². The van der Waals surface area contributed by atoms with Crippen molar-refractivity contribution >= 4 is 0 Å². The summed E-state index contributed by atoms with van der Waals surface area (Å²) in [6.45, 7) is 6.92. The van der Waals surface area contributed by atoms with E-state index in [1.807, 2.05) is 13.8 Å². The van der Waals surface area contributed by atoms with E-state index in [4.69, 9.17) is 10.5 Å². The lowest BCUT2D eigenvalue weighted by Gasteiger charge is -2.20. The second-order valence-corrected chi connectivity index (χ2v) is 4.18. The van der Waals surface area contributed by atoms with Gasteiger partial charge in [-0.25, -0.2) is 0 Å². The first kappa shape index (κ1) is 13.2. The maximum Gasteiger partial charge on any atom is 0.0739 e. The number of ether oxygens (including phenoxy) is 1. The van der Waals surface area contributed by atoms with Crippen LogP contribution in [0.25, 0.3) is 0 Å². The van der Waals surface area contributed by atoms with E-state index < -0.39 is 0 Å². The zero-order chi connectivity index (χ0) is 12.0. The van der Waals surface area contributed by atoms with Gasteiger partial charge in [-0.2, -0.15) is 0 Å². The Morgan fingerprint density at radius 2 is 1.81 bits per heavy atom. The van der Waals surface area contributed by atoms with E-state index in [1.54, 1.807) is 0 Å². The molecular weight excluding hydrogens is 198 g/mol. The molecule has 0 aliphatic carbocycles. The van der Waals surface area contributed by atoms with Gasteiger partial charge in [0, 0.05) is 6.61 Å². The Morgan fingerprint density at radius 3 is 2.31 bits per heavy atom. The van der Waals surface area contributed by atoms with E-state index in [9.17, 15) is 0 Å². The first-order chi connectivity index (χ1) is 7.69. The summed E-state index contributed by atoms with van der Waals surface area (Å²) in [5.41, 5.74) is 8.65. The molecular formula is C14H23NO. The molecule has 1 aromatic rings. The first-order valence-corrected chi connectivity index (χ1v) is 6.15. The molecule has 0 aliphatic rings. The summed E-state index contributed by atoms with van der Waals surface area (Å²) in [6, 6.07) is 8.53. The van der Waals surface area contributed by atoms with Gasteiger partial charge < -0.3 is 10.5 Å². The summed E-state index contributed by atoms with van der Waals surface area (Å²) in [5, 5.41) is 0. The normalized spacial score (nSPS) is 14.8. The largest absolute Gasteiger partial charge is 0.377 e. The minimum atomic E-state index is -0.0318. The fourth-order valence-corrected chi connectivity index (χ4v) is 1.83. The summed E-state index contributed by atoms with van der Waals surface area (Å²) in [6.07, 6.45) is 2.39. The van der Waals surface area contributed by atoms with Gasteiger partial charge >= 0.3 is 0 Å². The van der Waals surface area contributed by atoms with Crippen molar-refractivity contribution in [3.8, 4) is 0 Å². The van der Waals surface area contributed by atoms with Gasteiger partial charge in [-0.1, -0.05) is 37.6 Å². The van der Waals surface area contributed by atoms with Crippen molar-refractivity contribution in [2.24, 2.45) is 5.73 Å². The third-order valence-corrected chi connectivity index (χ3v) is 2.84. The second-order valence-electron chi connectivity index (χ2n) is 4.18. The van der Waals surface area contributed by atoms with Gasteiger partial charge in [-0.15, -0.1) is 0 Å². The summed E-state index contributed by atoms with van der Waals surface area (Å²) < 4.78 is 5.51. The number of hydrogen-bond donors (Lipinski definition) is 1. The van der Waals surface area contributed by atoms with Crippen LogP contribution in [0, 0.1) is 0 Å². The topological polar surface area (TPSA) is 35.2 Å². The molecule has 0 saturated heterocycles. The highest BCUT2D eigenvalue weighted by atomic mass is 16.5. The van der Waals surface area contributed by atoms with E-state index in [0.29, 0.717) is 6.61 Å². The van der Waals surface area contributed by atoms with Crippen molar-refractivity contribution in [3.05, 3.63) is 35.4 Å². The average molecular weight is 221 g/mol. The van der Waals surface area contributed by atoms with Gasteiger partial charge in [0.2, 0.25) is 0 Å². The highest BCUT2D eigenvalue weighted by Gasteiger charge is 2.14. The molecule has 2 nitrogen and oxygen atoms in total. The molecule has 0 saturated carbocycles. The van der Waals surface area contributed by atoms with Crippen LogP contribution in [-0.2, 0) is 11.2 Å². The molecule has 16 heavy (non-hydrogen) atoms. The van der Waals surface area contributed by atoms with Crippen molar-refractivity contribution in [2.45, 2.75) is 45.8 Å². The Hall–Kier alpha value is -0.860. The number of hydrogen-bond acceptors (Lipinski definition) is 2. The van der Waals surface area contributed by atoms with Crippen molar-refractivity contribution < 1.29 is 4.74 Å². The van der Waals surface area contributed by atoms with E-state index in [1.165, 1.54) is 12.0 Å². The van der Waals surface area contributed by atoms with Crippen LogP contribution in [0.4, 0.5) is 0 Å². The van der Waals surface area contributed by atoms with Gasteiger partial charge in [-0.3, -0.25) is 0 Å². The van der Waals surface area contributed by atoms with Gasteiger partial charge in [0.05, 0.1) is 12.1 Å². The van der Waals surface area contributed by atoms with Gasteiger partial charge in [0.15, 0.2) is 0 Å². The third-order valence-electron chi connectivity index (χ3n) is 2.84. The first-order valence-electron chi connectivity index (χ1n) is 6.15. The lowest BCUT2D eigenvalue weighted by atomic mass is 10.0. The van der Waals surface area contributed by atoms with Crippen LogP contribution in [0.5, 0.6) is 0 Å². The molecule has 2 N–H and O–H groups in total. The average Bonchev–Trinajstić information content (AvgIpc) is 2.30. The van der Waals surface area contributed by atoms with E-state index in [-0.39, 0.29) is 12.1 Å². The second kappa shape index (κ2) is 6.66. The lowest BCUT2D eigenvalue weighted by molar-refractivity contribution is 0.0574. The SMILES string of the molecule is CCCc1ccc(C(N)C(C)OCC)cc1. The van der Waals surface area contributed by atoms with Gasteiger partial charge in [0.1, 0.15) is 0 Å². The quantitative estimate of drug-likeness (QED) is 0.801. The Morgan fingerprint density at radius 1 is 1.19 bits per heavy atom. The highest BCUT2D eigenvalue weighted by molar-refractivity contribution is 5.25. The fourth-order valence-electron chi connectivity index (χ4n) is 1.83. The molecule has 0 radical (unpaired) electrons. The molecule has 1 rings (SSSR count). The molecule has 0 aromatic heterocycles. The van der Waals surface area contributed by atoms with Crippen LogP contribution in [-0.4, -0.2) is 12.7 Å². The minimum absolute atomic E-state index is 0.0318. The third kappa shape index (κ3) is 3.62. The lowest BCUT2D eigenvalue weighted by Crippen LogP contribution is -2.26. The van der Waals surface area contributed by atoms with Crippen LogP contribution in [0.2, 0.25) is 0 Å². The molecule has 2 heteroatoms. The molecule has 0 heterocycles. The van der Waals surface area contributed by atoms with Crippen LogP contribution in [0.1, 0.15) is 44.4 Å². The maximum absolute atomic E-state index is 6.12. The number of nitrogens with two attached hydrogens (primary N) is 1. The summed E-state index contributed by atoms with van der Waals surface area (Å²) >= 11 is 0. The molecule has 90 valence electrons. The Labute approximate surface area is 98.8 Å². The zero-order valence-electron chi connectivity index (χ0n) is 10.6. The highest BCUT2D eigenvalue weighted by Crippen LogP contribution is 2.17. The smallest absolute Gasteiger partial charge is 0.0739 e. The summed E-state index contributed by atoms with van der Waals surface area (Å²) in [5.74, 6) is 0. The van der Waals surface area contributed by atoms with Crippen LogP contribution in [0.3, 0.4) is 0 Å². The van der Waals surface area contributed by atoms with Crippen LogP contribution in [0.15, 0.2) is 24.3 Å². The van der Waals surface area contributed by atoms with Crippen molar-refractivity contribution in [1.82, 2.24) is 0 Å². The fraction of sp³-hybridized carbons (Fsp3) is 0.571. The predicted octanol–water partition coefficient (Wildman–Crippen LogP) is 3.06. The van der Waals surface area contributed by atoms with Crippen molar-refractivity contribution in [2.75, 3.05) is 6.61 Å². The standard InChI is InChI=1S/C14H23NO/c1-4-6-12-7-9-13(10-8-12)14(15)11(3)16-5-2/h7-11,14H,4-6,15H2,1-3H3. The minimum Gasteiger partial charge on any atom is -0.377 e. The Balaban J connectivity index is 2.65. The van der Waals surface area contributed by atoms with Crippen LogP contribution < -0.4 is 5.73 Å². The monoisotopic (exact) mass is 221 g/mol. The van der Waals surface area contributed by atoms with Gasteiger partial charge in [0.25, 0.3) is 0 Å².